The number of anilines is 1. The van der Waals surface area contributed by atoms with E-state index in [-0.39, 0.29) is 6.61 Å². The van der Waals surface area contributed by atoms with Crippen molar-refractivity contribution in [1.29, 1.82) is 5.26 Å². The normalized spacial score (nSPS) is 19.6. The SMILES string of the molecule is N#Cc1ccc(N2CCCC(CCO)C2)cc1Cl. The lowest BCUT2D eigenvalue weighted by atomic mass is 9.95. The molecule has 1 saturated heterocycles. The van der Waals surface area contributed by atoms with Gasteiger partial charge in [0.05, 0.1) is 10.6 Å². The Kier molecular flexibility index (Phi) is 4.46. The number of aliphatic hydroxyl groups excluding tert-OH is 1. The molecule has 0 bridgehead atoms. The molecular formula is C14H17ClN2O. The fourth-order valence-corrected chi connectivity index (χ4v) is 2.73. The molecule has 0 radical (unpaired) electrons. The summed E-state index contributed by atoms with van der Waals surface area (Å²) in [5.41, 5.74) is 1.59. The summed E-state index contributed by atoms with van der Waals surface area (Å²) >= 11 is 6.06. The second kappa shape index (κ2) is 6.08. The lowest BCUT2D eigenvalue weighted by Crippen LogP contribution is -2.35. The summed E-state index contributed by atoms with van der Waals surface area (Å²) in [4.78, 5) is 2.29. The van der Waals surface area contributed by atoms with Gasteiger partial charge >= 0.3 is 0 Å². The molecule has 18 heavy (non-hydrogen) atoms. The molecule has 1 aromatic rings. The molecule has 0 amide bonds. The van der Waals surface area contributed by atoms with Crippen LogP contribution in [0.4, 0.5) is 5.69 Å². The number of hydrogen-bond acceptors (Lipinski definition) is 3. The van der Waals surface area contributed by atoms with Gasteiger partial charge in [0.2, 0.25) is 0 Å². The molecule has 3 nitrogen and oxygen atoms in total. The highest BCUT2D eigenvalue weighted by molar-refractivity contribution is 6.32. The Morgan fingerprint density at radius 3 is 3.00 bits per heavy atom. The minimum absolute atomic E-state index is 0.257. The molecule has 1 aliphatic heterocycles. The highest BCUT2D eigenvalue weighted by Crippen LogP contribution is 2.28. The van der Waals surface area contributed by atoms with Crippen LogP contribution in [-0.4, -0.2) is 24.8 Å². The van der Waals surface area contributed by atoms with Gasteiger partial charge in [-0.1, -0.05) is 11.6 Å². The van der Waals surface area contributed by atoms with Gasteiger partial charge in [0.1, 0.15) is 6.07 Å². The van der Waals surface area contributed by atoms with Gasteiger partial charge in [-0.3, -0.25) is 0 Å². The van der Waals surface area contributed by atoms with E-state index in [1.54, 1.807) is 6.07 Å². The maximum Gasteiger partial charge on any atom is 0.101 e. The fourth-order valence-electron chi connectivity index (χ4n) is 2.51. The number of aliphatic hydroxyl groups is 1. The Bertz CT molecular complexity index is 454. The van der Waals surface area contributed by atoms with Crippen LogP contribution in [0.25, 0.3) is 0 Å². The van der Waals surface area contributed by atoms with Crippen LogP contribution in [0.3, 0.4) is 0 Å². The number of nitrogens with zero attached hydrogens (tertiary/aromatic N) is 2. The van der Waals surface area contributed by atoms with Crippen molar-refractivity contribution in [1.82, 2.24) is 0 Å². The monoisotopic (exact) mass is 264 g/mol. The molecule has 0 aliphatic carbocycles. The van der Waals surface area contributed by atoms with Gasteiger partial charge in [-0.2, -0.15) is 5.26 Å². The van der Waals surface area contributed by atoms with Crippen molar-refractivity contribution in [3.63, 3.8) is 0 Å². The van der Waals surface area contributed by atoms with Gasteiger partial charge in [0, 0.05) is 25.4 Å². The zero-order chi connectivity index (χ0) is 13.0. The Labute approximate surface area is 113 Å². The standard InChI is InChI=1S/C14H17ClN2O/c15-14-8-13(4-3-12(14)9-16)17-6-1-2-11(10-17)5-7-18/h3-4,8,11,18H,1-2,5-7,10H2. The molecule has 0 spiro atoms. The van der Waals surface area contributed by atoms with Crippen molar-refractivity contribution in [3.05, 3.63) is 28.8 Å². The van der Waals surface area contributed by atoms with E-state index in [4.69, 9.17) is 22.0 Å². The quantitative estimate of drug-likeness (QED) is 0.913. The van der Waals surface area contributed by atoms with Gasteiger partial charge in [-0.05, 0) is 43.4 Å². The van der Waals surface area contributed by atoms with E-state index in [0.717, 1.165) is 31.6 Å². The highest BCUT2D eigenvalue weighted by atomic mass is 35.5. The van der Waals surface area contributed by atoms with Gasteiger partial charge in [0.15, 0.2) is 0 Å². The average molecular weight is 265 g/mol. The molecule has 1 N–H and O–H groups in total. The zero-order valence-corrected chi connectivity index (χ0v) is 11.0. The molecule has 1 heterocycles. The third-order valence-electron chi connectivity index (χ3n) is 3.49. The second-order valence-corrected chi connectivity index (χ2v) is 5.15. The van der Waals surface area contributed by atoms with Crippen molar-refractivity contribution < 1.29 is 5.11 Å². The predicted octanol–water partition coefficient (Wildman–Crippen LogP) is 2.81. The van der Waals surface area contributed by atoms with E-state index in [1.807, 2.05) is 12.1 Å². The Hall–Kier alpha value is -1.24. The first kappa shape index (κ1) is 13.2. The molecule has 0 saturated carbocycles. The summed E-state index contributed by atoms with van der Waals surface area (Å²) in [5.74, 6) is 0.554. The van der Waals surface area contributed by atoms with Gasteiger partial charge in [-0.15, -0.1) is 0 Å². The Balaban J connectivity index is 2.11. The summed E-state index contributed by atoms with van der Waals surface area (Å²) < 4.78 is 0. The molecular weight excluding hydrogens is 248 g/mol. The van der Waals surface area contributed by atoms with Crippen LogP contribution in [0, 0.1) is 17.2 Å². The van der Waals surface area contributed by atoms with Gasteiger partial charge in [-0.25, -0.2) is 0 Å². The molecule has 4 heteroatoms. The fraction of sp³-hybridized carbons (Fsp3) is 0.500. The topological polar surface area (TPSA) is 47.3 Å². The number of benzene rings is 1. The van der Waals surface area contributed by atoms with Crippen LogP contribution in [0.15, 0.2) is 18.2 Å². The summed E-state index contributed by atoms with van der Waals surface area (Å²) in [6.45, 7) is 2.24. The number of piperidine rings is 1. The first-order valence-electron chi connectivity index (χ1n) is 6.30. The maximum absolute atomic E-state index is 9.01. The van der Waals surface area contributed by atoms with Crippen molar-refractivity contribution in [3.8, 4) is 6.07 Å². The summed E-state index contributed by atoms with van der Waals surface area (Å²) in [5, 5.41) is 18.4. The van der Waals surface area contributed by atoms with E-state index in [2.05, 4.69) is 11.0 Å². The maximum atomic E-state index is 9.01. The smallest absolute Gasteiger partial charge is 0.101 e. The number of hydrogen-bond donors (Lipinski definition) is 1. The van der Waals surface area contributed by atoms with Crippen LogP contribution in [-0.2, 0) is 0 Å². The highest BCUT2D eigenvalue weighted by Gasteiger charge is 2.20. The predicted molar refractivity (Wildman–Crippen MR) is 72.8 cm³/mol. The first-order valence-corrected chi connectivity index (χ1v) is 6.68. The van der Waals surface area contributed by atoms with E-state index in [9.17, 15) is 0 Å². The first-order chi connectivity index (χ1) is 8.74. The van der Waals surface area contributed by atoms with Crippen molar-refractivity contribution in [2.75, 3.05) is 24.6 Å². The Morgan fingerprint density at radius 1 is 1.50 bits per heavy atom. The van der Waals surface area contributed by atoms with Crippen LogP contribution in [0.1, 0.15) is 24.8 Å². The number of nitriles is 1. The van der Waals surface area contributed by atoms with Crippen molar-refractivity contribution in [2.24, 2.45) is 5.92 Å². The summed E-state index contributed by atoms with van der Waals surface area (Å²) in [7, 11) is 0. The average Bonchev–Trinajstić information content (AvgIpc) is 2.39. The lowest BCUT2D eigenvalue weighted by Gasteiger charge is -2.34. The zero-order valence-electron chi connectivity index (χ0n) is 10.3. The summed E-state index contributed by atoms with van der Waals surface area (Å²) in [6.07, 6.45) is 3.18. The molecule has 1 unspecified atom stereocenters. The third-order valence-corrected chi connectivity index (χ3v) is 3.81. The Morgan fingerprint density at radius 2 is 2.33 bits per heavy atom. The molecule has 2 rings (SSSR count). The largest absolute Gasteiger partial charge is 0.396 e. The third kappa shape index (κ3) is 2.95. The van der Waals surface area contributed by atoms with Gasteiger partial charge < -0.3 is 10.0 Å². The van der Waals surface area contributed by atoms with Crippen LogP contribution in [0.5, 0.6) is 0 Å². The van der Waals surface area contributed by atoms with E-state index in [0.29, 0.717) is 16.5 Å². The summed E-state index contributed by atoms with van der Waals surface area (Å²) in [6, 6.07) is 7.65. The number of rotatable bonds is 3. The molecule has 1 fully saturated rings. The second-order valence-electron chi connectivity index (χ2n) is 4.74. The van der Waals surface area contributed by atoms with Crippen molar-refractivity contribution in [2.45, 2.75) is 19.3 Å². The molecule has 1 atom stereocenters. The minimum atomic E-state index is 0.257. The molecule has 1 aliphatic rings. The number of halogens is 1. The minimum Gasteiger partial charge on any atom is -0.396 e. The van der Waals surface area contributed by atoms with Crippen LogP contribution >= 0.6 is 11.6 Å². The van der Waals surface area contributed by atoms with E-state index >= 15 is 0 Å². The lowest BCUT2D eigenvalue weighted by molar-refractivity contribution is 0.244. The van der Waals surface area contributed by atoms with Gasteiger partial charge in [0.25, 0.3) is 0 Å². The van der Waals surface area contributed by atoms with E-state index < -0.39 is 0 Å². The van der Waals surface area contributed by atoms with Crippen LogP contribution in [0.2, 0.25) is 5.02 Å². The van der Waals surface area contributed by atoms with Crippen LogP contribution < -0.4 is 4.90 Å². The van der Waals surface area contributed by atoms with E-state index in [1.165, 1.54) is 6.42 Å². The molecule has 96 valence electrons. The van der Waals surface area contributed by atoms with Crippen molar-refractivity contribution >= 4 is 17.3 Å². The molecule has 0 aromatic heterocycles. The molecule has 1 aromatic carbocycles.